The van der Waals surface area contributed by atoms with E-state index in [1.165, 1.54) is 22.2 Å². The first-order valence-electron chi connectivity index (χ1n) is 6.19. The van der Waals surface area contributed by atoms with Crippen LogP contribution >= 0.6 is 0 Å². The van der Waals surface area contributed by atoms with Gasteiger partial charge in [0.2, 0.25) is 0 Å². The van der Waals surface area contributed by atoms with E-state index >= 15 is 0 Å². The minimum Gasteiger partial charge on any atom is -0.345 e. The molecule has 0 N–H and O–H groups in total. The van der Waals surface area contributed by atoms with Gasteiger partial charge in [-0.25, -0.2) is 0 Å². The summed E-state index contributed by atoms with van der Waals surface area (Å²) in [6.45, 7) is 5.95. The Labute approximate surface area is 102 Å². The quantitative estimate of drug-likeness (QED) is 0.749. The van der Waals surface area contributed by atoms with Gasteiger partial charge in [-0.2, -0.15) is 5.06 Å². The number of benzene rings is 1. The first-order valence-corrected chi connectivity index (χ1v) is 6.19. The van der Waals surface area contributed by atoms with Gasteiger partial charge in [0.05, 0.1) is 11.7 Å². The van der Waals surface area contributed by atoms with Crippen LogP contribution in [0.3, 0.4) is 0 Å². The molecule has 0 saturated heterocycles. The van der Waals surface area contributed by atoms with Crippen molar-refractivity contribution < 1.29 is 4.84 Å². The van der Waals surface area contributed by atoms with E-state index in [2.05, 4.69) is 54.8 Å². The first-order chi connectivity index (χ1) is 8.24. The van der Waals surface area contributed by atoms with Crippen molar-refractivity contribution in [3.8, 4) is 0 Å². The summed E-state index contributed by atoms with van der Waals surface area (Å²) in [5.74, 6) is 0. The summed E-state index contributed by atoms with van der Waals surface area (Å²) in [4.78, 5) is 5.79. The van der Waals surface area contributed by atoms with Crippen molar-refractivity contribution in [3.05, 3.63) is 35.5 Å². The maximum Gasteiger partial charge on any atom is 0.109 e. The molecule has 17 heavy (non-hydrogen) atoms. The fraction of sp³-hybridized carbons (Fsp3) is 0.429. The highest BCUT2D eigenvalue weighted by Crippen LogP contribution is 2.37. The second-order valence-electron chi connectivity index (χ2n) is 4.62. The second-order valence-corrected chi connectivity index (χ2v) is 4.62. The van der Waals surface area contributed by atoms with Crippen LogP contribution in [0.2, 0.25) is 0 Å². The molecule has 0 amide bonds. The Hall–Kier alpha value is -1.32. The van der Waals surface area contributed by atoms with Crippen molar-refractivity contribution in [3.63, 3.8) is 0 Å². The number of hydroxylamine groups is 2. The highest BCUT2D eigenvalue weighted by atomic mass is 16.7. The van der Waals surface area contributed by atoms with Crippen molar-refractivity contribution in [1.29, 1.82) is 0 Å². The average Bonchev–Trinajstić information content (AvgIpc) is 2.65. The molecule has 0 radical (unpaired) electrons. The van der Waals surface area contributed by atoms with Gasteiger partial charge in [-0.15, -0.1) is 0 Å². The Morgan fingerprint density at radius 2 is 2.12 bits per heavy atom. The van der Waals surface area contributed by atoms with E-state index in [1.54, 1.807) is 0 Å². The normalized spacial score (nSPS) is 20.8. The van der Waals surface area contributed by atoms with E-state index in [0.717, 1.165) is 6.54 Å². The van der Waals surface area contributed by atoms with Crippen LogP contribution in [0, 0.1) is 0 Å². The molecule has 2 aromatic rings. The molecule has 1 atom stereocenters. The van der Waals surface area contributed by atoms with Crippen molar-refractivity contribution in [2.45, 2.75) is 26.5 Å². The van der Waals surface area contributed by atoms with Crippen LogP contribution in [0.5, 0.6) is 0 Å². The number of hydrogen-bond acceptors (Lipinski definition) is 2. The summed E-state index contributed by atoms with van der Waals surface area (Å²) in [6.07, 6.45) is 0. The zero-order valence-corrected chi connectivity index (χ0v) is 10.6. The van der Waals surface area contributed by atoms with Gasteiger partial charge in [0.1, 0.15) is 6.61 Å². The number of rotatable bonds is 1. The van der Waals surface area contributed by atoms with Crippen LogP contribution in [0.4, 0.5) is 0 Å². The van der Waals surface area contributed by atoms with Gasteiger partial charge in [-0.05, 0) is 13.0 Å². The Morgan fingerprint density at radius 3 is 2.88 bits per heavy atom. The first kappa shape index (κ1) is 10.8. The molecule has 1 aliphatic heterocycles. The van der Waals surface area contributed by atoms with E-state index in [-0.39, 0.29) is 0 Å². The molecule has 1 aliphatic rings. The maximum absolute atomic E-state index is 5.79. The van der Waals surface area contributed by atoms with Crippen LogP contribution in [0.15, 0.2) is 24.3 Å². The van der Waals surface area contributed by atoms with Crippen molar-refractivity contribution in [2.75, 3.05) is 6.54 Å². The number of aryl methyl sites for hydroxylation is 1. The molecule has 0 saturated carbocycles. The SMILES string of the molecule is CCN1OCc2c(c3ccccc3n2C)C1C. The van der Waals surface area contributed by atoms with E-state index in [4.69, 9.17) is 4.84 Å². The van der Waals surface area contributed by atoms with E-state index in [1.807, 2.05) is 0 Å². The largest absolute Gasteiger partial charge is 0.345 e. The third-order valence-electron chi connectivity index (χ3n) is 3.80. The second kappa shape index (κ2) is 3.86. The fourth-order valence-electron chi connectivity index (χ4n) is 2.88. The van der Waals surface area contributed by atoms with Gasteiger partial charge in [-0.1, -0.05) is 25.1 Å². The molecule has 1 aromatic heterocycles. The molecule has 3 heteroatoms. The standard InChI is InChI=1S/C14H18N2O/c1-4-16-10(2)14-11-7-5-6-8-12(11)15(3)13(14)9-17-16/h5-8,10H,4,9H2,1-3H3. The summed E-state index contributed by atoms with van der Waals surface area (Å²) >= 11 is 0. The Kier molecular flexibility index (Phi) is 2.45. The Morgan fingerprint density at radius 1 is 1.35 bits per heavy atom. The van der Waals surface area contributed by atoms with Crippen LogP contribution in [0.1, 0.15) is 31.1 Å². The molecule has 3 rings (SSSR count). The summed E-state index contributed by atoms with van der Waals surface area (Å²) in [5, 5.41) is 3.42. The maximum atomic E-state index is 5.79. The molecule has 1 unspecified atom stereocenters. The monoisotopic (exact) mass is 230 g/mol. The third kappa shape index (κ3) is 1.43. The van der Waals surface area contributed by atoms with E-state index in [9.17, 15) is 0 Å². The van der Waals surface area contributed by atoms with Gasteiger partial charge in [0, 0.05) is 30.1 Å². The lowest BCUT2D eigenvalue weighted by Gasteiger charge is -2.32. The van der Waals surface area contributed by atoms with E-state index < -0.39 is 0 Å². The van der Waals surface area contributed by atoms with Gasteiger partial charge >= 0.3 is 0 Å². The van der Waals surface area contributed by atoms with Crippen LogP contribution < -0.4 is 0 Å². The lowest BCUT2D eigenvalue weighted by atomic mass is 10.0. The zero-order chi connectivity index (χ0) is 12.0. The molecular weight excluding hydrogens is 212 g/mol. The Balaban J connectivity index is 2.27. The van der Waals surface area contributed by atoms with Gasteiger partial charge in [0.15, 0.2) is 0 Å². The molecule has 90 valence electrons. The van der Waals surface area contributed by atoms with E-state index in [0.29, 0.717) is 12.6 Å². The molecule has 0 bridgehead atoms. The number of para-hydroxylation sites is 1. The highest BCUT2D eigenvalue weighted by molar-refractivity contribution is 5.86. The van der Waals surface area contributed by atoms with Crippen LogP contribution in [-0.2, 0) is 18.5 Å². The van der Waals surface area contributed by atoms with Crippen LogP contribution in [-0.4, -0.2) is 16.2 Å². The van der Waals surface area contributed by atoms with Gasteiger partial charge in [-0.3, -0.25) is 4.84 Å². The zero-order valence-electron chi connectivity index (χ0n) is 10.6. The summed E-state index contributed by atoms with van der Waals surface area (Å²) in [5.41, 5.74) is 4.03. The predicted octanol–water partition coefficient (Wildman–Crippen LogP) is 3.01. The topological polar surface area (TPSA) is 17.4 Å². The summed E-state index contributed by atoms with van der Waals surface area (Å²) < 4.78 is 2.26. The molecule has 0 fully saturated rings. The van der Waals surface area contributed by atoms with Crippen LogP contribution in [0.25, 0.3) is 10.9 Å². The Bertz CT molecular complexity index is 559. The van der Waals surface area contributed by atoms with Gasteiger partial charge in [0.25, 0.3) is 0 Å². The minimum absolute atomic E-state index is 0.329. The number of fused-ring (bicyclic) bond motifs is 3. The lowest BCUT2D eigenvalue weighted by molar-refractivity contribution is -0.203. The number of hydrogen-bond donors (Lipinski definition) is 0. The fourth-order valence-corrected chi connectivity index (χ4v) is 2.88. The summed E-state index contributed by atoms with van der Waals surface area (Å²) in [7, 11) is 2.12. The lowest BCUT2D eigenvalue weighted by Crippen LogP contribution is -2.32. The molecular formula is C14H18N2O. The van der Waals surface area contributed by atoms with Crippen molar-refractivity contribution in [1.82, 2.24) is 9.63 Å². The average molecular weight is 230 g/mol. The number of aromatic nitrogens is 1. The highest BCUT2D eigenvalue weighted by Gasteiger charge is 2.28. The smallest absolute Gasteiger partial charge is 0.109 e. The third-order valence-corrected chi connectivity index (χ3v) is 3.80. The summed E-state index contributed by atoms with van der Waals surface area (Å²) in [6, 6.07) is 8.92. The number of nitrogens with zero attached hydrogens (tertiary/aromatic N) is 2. The predicted molar refractivity (Wildman–Crippen MR) is 68.5 cm³/mol. The molecule has 1 aromatic carbocycles. The molecule has 2 heterocycles. The van der Waals surface area contributed by atoms with Gasteiger partial charge < -0.3 is 4.57 Å². The minimum atomic E-state index is 0.329. The van der Waals surface area contributed by atoms with Crippen molar-refractivity contribution in [2.24, 2.45) is 7.05 Å². The van der Waals surface area contributed by atoms with Crippen molar-refractivity contribution >= 4 is 10.9 Å². The molecule has 0 aliphatic carbocycles. The molecule has 0 spiro atoms. The molecule has 3 nitrogen and oxygen atoms in total.